The minimum atomic E-state index is -3.29. The van der Waals surface area contributed by atoms with E-state index >= 15 is 0 Å². The molecule has 4 rings (SSSR count). The molecule has 1 N–H and O–H groups in total. The molecule has 0 bridgehead atoms. The Kier molecular flexibility index (Phi) is 5.81. The van der Waals surface area contributed by atoms with Crippen LogP contribution < -0.4 is 15.0 Å². The summed E-state index contributed by atoms with van der Waals surface area (Å²) in [5.74, 6) is 0.183. The van der Waals surface area contributed by atoms with Crippen molar-refractivity contribution >= 4 is 28.9 Å². The zero-order valence-corrected chi connectivity index (χ0v) is 17.3. The summed E-state index contributed by atoms with van der Waals surface area (Å²) < 4.78 is 48.2. The van der Waals surface area contributed by atoms with Crippen LogP contribution in [0.4, 0.5) is 24.7 Å². The standard InChI is InChI=1S/C21H19F3N4O2S/c1-21(23,24)30-17-4-2-16(3-5-17)27-20(29)13-8-18(14-10-26-31-12-14)19(25-9-13)28-7-6-15(22)11-28/h2-5,8-10,12,15H,6-7,11H2,1H3,(H,27,29)/t15-/m1/s1. The number of halogens is 3. The average molecular weight is 448 g/mol. The number of carbonyl (C=O) groups is 1. The molecule has 0 unspecified atom stereocenters. The first kappa shape index (κ1) is 21.1. The molecule has 1 atom stereocenters. The molecule has 2 aromatic heterocycles. The zero-order chi connectivity index (χ0) is 22.0. The monoisotopic (exact) mass is 448 g/mol. The smallest absolute Gasteiger partial charge is 0.394 e. The van der Waals surface area contributed by atoms with Crippen LogP contribution in [0.3, 0.4) is 0 Å². The number of alkyl halides is 3. The molecule has 3 heterocycles. The fourth-order valence-corrected chi connectivity index (χ4v) is 3.85. The van der Waals surface area contributed by atoms with Gasteiger partial charge in [0, 0.05) is 48.1 Å². The minimum Gasteiger partial charge on any atom is -0.433 e. The molecule has 10 heteroatoms. The minimum absolute atomic E-state index is 0.0134. The van der Waals surface area contributed by atoms with Crippen LogP contribution in [0.2, 0.25) is 0 Å². The summed E-state index contributed by atoms with van der Waals surface area (Å²) >= 11 is 1.27. The molecular weight excluding hydrogens is 429 g/mol. The number of aromatic nitrogens is 2. The van der Waals surface area contributed by atoms with Gasteiger partial charge in [0.1, 0.15) is 17.7 Å². The largest absolute Gasteiger partial charge is 0.433 e. The molecule has 31 heavy (non-hydrogen) atoms. The van der Waals surface area contributed by atoms with Crippen molar-refractivity contribution in [3.05, 3.63) is 53.7 Å². The van der Waals surface area contributed by atoms with Gasteiger partial charge in [0.2, 0.25) is 0 Å². The van der Waals surface area contributed by atoms with Crippen LogP contribution in [-0.4, -0.2) is 40.6 Å². The normalized spacial score (nSPS) is 16.4. The lowest BCUT2D eigenvalue weighted by Crippen LogP contribution is -2.22. The molecule has 0 spiro atoms. The van der Waals surface area contributed by atoms with E-state index in [1.165, 1.54) is 42.0 Å². The second-order valence-corrected chi connectivity index (χ2v) is 7.89. The quantitative estimate of drug-likeness (QED) is 0.575. The molecule has 162 valence electrons. The first-order valence-corrected chi connectivity index (χ1v) is 10.4. The summed E-state index contributed by atoms with van der Waals surface area (Å²) in [6.07, 6.45) is -0.637. The number of nitrogens with one attached hydrogen (secondary N) is 1. The van der Waals surface area contributed by atoms with E-state index in [1.54, 1.807) is 12.3 Å². The molecule has 0 aliphatic carbocycles. The number of amides is 1. The molecule has 1 amide bonds. The third-order valence-electron chi connectivity index (χ3n) is 4.71. The van der Waals surface area contributed by atoms with Crippen LogP contribution in [0.5, 0.6) is 5.75 Å². The van der Waals surface area contributed by atoms with Crippen LogP contribution >= 0.6 is 11.5 Å². The predicted molar refractivity (Wildman–Crippen MR) is 113 cm³/mol. The molecule has 1 aromatic carbocycles. The van der Waals surface area contributed by atoms with Gasteiger partial charge in [-0.15, -0.1) is 0 Å². The first-order valence-electron chi connectivity index (χ1n) is 9.55. The Labute approximate surface area is 180 Å². The van der Waals surface area contributed by atoms with Gasteiger partial charge in [-0.2, -0.15) is 8.78 Å². The molecule has 0 saturated carbocycles. The molecule has 1 aliphatic heterocycles. The number of carbonyl (C=O) groups excluding carboxylic acids is 1. The van der Waals surface area contributed by atoms with Gasteiger partial charge in [-0.3, -0.25) is 4.79 Å². The van der Waals surface area contributed by atoms with Crippen molar-refractivity contribution in [3.8, 4) is 16.9 Å². The van der Waals surface area contributed by atoms with E-state index in [1.807, 2.05) is 10.3 Å². The number of benzene rings is 1. The molecule has 1 aliphatic rings. The van der Waals surface area contributed by atoms with E-state index in [2.05, 4.69) is 19.4 Å². The Morgan fingerprint density at radius 2 is 2.06 bits per heavy atom. The van der Waals surface area contributed by atoms with Crippen molar-refractivity contribution in [2.75, 3.05) is 23.3 Å². The van der Waals surface area contributed by atoms with Gasteiger partial charge < -0.3 is 15.0 Å². The van der Waals surface area contributed by atoms with E-state index in [0.717, 1.165) is 5.56 Å². The molecule has 1 saturated heterocycles. The van der Waals surface area contributed by atoms with Crippen LogP contribution in [0, 0.1) is 0 Å². The SMILES string of the molecule is CC(F)(F)Oc1ccc(NC(=O)c2cnc(N3CC[C@@H](F)C3)c(-c3cnsc3)c2)cc1. The van der Waals surface area contributed by atoms with Gasteiger partial charge in [0.25, 0.3) is 5.91 Å². The number of pyridine rings is 1. The van der Waals surface area contributed by atoms with Crippen molar-refractivity contribution in [1.29, 1.82) is 0 Å². The summed E-state index contributed by atoms with van der Waals surface area (Å²) in [5.41, 5.74) is 2.22. The van der Waals surface area contributed by atoms with Crippen LogP contribution in [0.15, 0.2) is 48.1 Å². The molecular formula is C21H19F3N4O2S. The molecule has 0 radical (unpaired) electrons. The van der Waals surface area contributed by atoms with Crippen molar-refractivity contribution in [2.45, 2.75) is 25.6 Å². The first-order chi connectivity index (χ1) is 14.8. The predicted octanol–water partition coefficient (Wildman–Crippen LogP) is 5.00. The number of ether oxygens (including phenoxy) is 1. The summed E-state index contributed by atoms with van der Waals surface area (Å²) in [6.45, 7) is 1.46. The highest BCUT2D eigenvalue weighted by molar-refractivity contribution is 7.03. The van der Waals surface area contributed by atoms with Gasteiger partial charge in [-0.25, -0.2) is 13.7 Å². The topological polar surface area (TPSA) is 67.3 Å². The Hall–Kier alpha value is -3.14. The Morgan fingerprint density at radius 1 is 1.29 bits per heavy atom. The van der Waals surface area contributed by atoms with E-state index in [4.69, 9.17) is 0 Å². The maximum Gasteiger partial charge on any atom is 0.394 e. The summed E-state index contributed by atoms with van der Waals surface area (Å²) in [6, 6.07) is 7.32. The fourth-order valence-electron chi connectivity index (χ4n) is 3.31. The maximum atomic E-state index is 13.7. The third kappa shape index (κ3) is 5.13. The highest BCUT2D eigenvalue weighted by Crippen LogP contribution is 2.33. The average Bonchev–Trinajstić information content (AvgIpc) is 3.40. The number of anilines is 2. The van der Waals surface area contributed by atoms with Gasteiger partial charge in [-0.1, -0.05) is 0 Å². The fraction of sp³-hybridized carbons (Fsp3) is 0.286. The van der Waals surface area contributed by atoms with E-state index < -0.39 is 18.2 Å². The lowest BCUT2D eigenvalue weighted by Gasteiger charge is -2.20. The highest BCUT2D eigenvalue weighted by Gasteiger charge is 2.26. The third-order valence-corrected chi connectivity index (χ3v) is 5.30. The van der Waals surface area contributed by atoms with Gasteiger partial charge in [-0.05, 0) is 48.3 Å². The van der Waals surface area contributed by atoms with Crippen molar-refractivity contribution < 1.29 is 22.7 Å². The Bertz CT molecular complexity index is 1060. The summed E-state index contributed by atoms with van der Waals surface area (Å²) in [4.78, 5) is 19.0. The lowest BCUT2D eigenvalue weighted by molar-refractivity contribution is -0.158. The van der Waals surface area contributed by atoms with E-state index in [9.17, 15) is 18.0 Å². The van der Waals surface area contributed by atoms with Gasteiger partial charge >= 0.3 is 6.11 Å². The second kappa shape index (κ2) is 8.54. The van der Waals surface area contributed by atoms with Crippen LogP contribution in [-0.2, 0) is 0 Å². The second-order valence-electron chi connectivity index (χ2n) is 7.23. The molecule has 6 nitrogen and oxygen atoms in total. The van der Waals surface area contributed by atoms with Crippen LogP contribution in [0.1, 0.15) is 23.7 Å². The highest BCUT2D eigenvalue weighted by atomic mass is 32.1. The number of hydrogen-bond donors (Lipinski definition) is 1. The Balaban J connectivity index is 1.55. The van der Waals surface area contributed by atoms with Crippen LogP contribution in [0.25, 0.3) is 11.1 Å². The van der Waals surface area contributed by atoms with E-state index in [0.29, 0.717) is 42.5 Å². The Morgan fingerprint density at radius 3 is 2.68 bits per heavy atom. The summed E-state index contributed by atoms with van der Waals surface area (Å²) in [7, 11) is 0. The molecule has 3 aromatic rings. The lowest BCUT2D eigenvalue weighted by atomic mass is 10.1. The van der Waals surface area contributed by atoms with Crippen molar-refractivity contribution in [1.82, 2.24) is 9.36 Å². The van der Waals surface area contributed by atoms with Crippen molar-refractivity contribution in [3.63, 3.8) is 0 Å². The van der Waals surface area contributed by atoms with Gasteiger partial charge in [0.15, 0.2) is 0 Å². The number of hydrogen-bond acceptors (Lipinski definition) is 6. The number of nitrogens with zero attached hydrogens (tertiary/aromatic N) is 3. The maximum absolute atomic E-state index is 13.7. The summed E-state index contributed by atoms with van der Waals surface area (Å²) in [5, 5.41) is 4.55. The molecule has 1 fully saturated rings. The number of rotatable bonds is 6. The van der Waals surface area contributed by atoms with Crippen molar-refractivity contribution in [2.24, 2.45) is 0 Å². The van der Waals surface area contributed by atoms with E-state index in [-0.39, 0.29) is 12.3 Å². The van der Waals surface area contributed by atoms with Gasteiger partial charge in [0.05, 0.1) is 12.1 Å². The zero-order valence-electron chi connectivity index (χ0n) is 16.5.